The smallest absolute Gasteiger partial charge is 0.257 e. The maximum atomic E-state index is 12.3. The van der Waals surface area contributed by atoms with E-state index < -0.39 is 0 Å². The molecular weight excluding hydrogens is 360 g/mol. The van der Waals surface area contributed by atoms with Crippen molar-refractivity contribution in [2.75, 3.05) is 25.1 Å². The molecule has 144 valence electrons. The minimum Gasteiger partial charge on any atom is -0.491 e. The minimum atomic E-state index is -0.237. The minimum absolute atomic E-state index is 0.237. The predicted molar refractivity (Wildman–Crippen MR) is 113 cm³/mol. The summed E-state index contributed by atoms with van der Waals surface area (Å²) in [5.74, 6) is 0.940. The molecule has 27 heavy (non-hydrogen) atoms. The SMILES string of the molecule is CCOCCOc1ccc(NC(=S)NC(=O)c2ccc(C(C)C)cc2)cc1. The zero-order valence-corrected chi connectivity index (χ0v) is 16.8. The van der Waals surface area contributed by atoms with Crippen molar-refractivity contribution in [1.82, 2.24) is 5.32 Å². The van der Waals surface area contributed by atoms with Crippen LogP contribution in [0, 0.1) is 0 Å². The standard InChI is InChI=1S/C21H26N2O3S/c1-4-25-13-14-26-19-11-9-18(10-12-19)22-21(27)23-20(24)17-7-5-16(6-8-17)15(2)3/h5-12,15H,4,13-14H2,1-3H3,(H2,22,23,24,27). The Morgan fingerprint density at radius 1 is 1.04 bits per heavy atom. The molecule has 2 rings (SSSR count). The average molecular weight is 387 g/mol. The fraction of sp³-hybridized carbons (Fsp3) is 0.333. The summed E-state index contributed by atoms with van der Waals surface area (Å²) in [4.78, 5) is 12.3. The van der Waals surface area contributed by atoms with Gasteiger partial charge in [0, 0.05) is 17.9 Å². The monoisotopic (exact) mass is 386 g/mol. The summed E-state index contributed by atoms with van der Waals surface area (Å²) in [7, 11) is 0. The van der Waals surface area contributed by atoms with Crippen molar-refractivity contribution in [3.8, 4) is 5.75 Å². The zero-order chi connectivity index (χ0) is 19.6. The van der Waals surface area contributed by atoms with Gasteiger partial charge in [-0.3, -0.25) is 10.1 Å². The predicted octanol–water partition coefficient (Wildman–Crippen LogP) is 4.35. The van der Waals surface area contributed by atoms with E-state index in [0.29, 0.717) is 31.3 Å². The molecule has 0 aliphatic carbocycles. The van der Waals surface area contributed by atoms with Gasteiger partial charge in [0.15, 0.2) is 5.11 Å². The Bertz CT molecular complexity index is 743. The topological polar surface area (TPSA) is 59.6 Å². The van der Waals surface area contributed by atoms with Gasteiger partial charge in [0.2, 0.25) is 0 Å². The van der Waals surface area contributed by atoms with Gasteiger partial charge in [0.05, 0.1) is 6.61 Å². The van der Waals surface area contributed by atoms with Crippen LogP contribution < -0.4 is 15.4 Å². The van der Waals surface area contributed by atoms with Crippen LogP contribution in [0.25, 0.3) is 0 Å². The Morgan fingerprint density at radius 2 is 1.70 bits per heavy atom. The number of carbonyl (C=O) groups excluding carboxylic acids is 1. The van der Waals surface area contributed by atoms with Crippen LogP contribution in [0.3, 0.4) is 0 Å². The van der Waals surface area contributed by atoms with Crippen molar-refractivity contribution < 1.29 is 14.3 Å². The molecular formula is C21H26N2O3S. The lowest BCUT2D eigenvalue weighted by atomic mass is 10.0. The van der Waals surface area contributed by atoms with E-state index in [1.807, 2.05) is 55.5 Å². The molecule has 0 atom stereocenters. The maximum absolute atomic E-state index is 12.3. The quantitative estimate of drug-likeness (QED) is 0.522. The number of nitrogens with one attached hydrogen (secondary N) is 2. The van der Waals surface area contributed by atoms with Gasteiger partial charge in [-0.15, -0.1) is 0 Å². The average Bonchev–Trinajstić information content (AvgIpc) is 2.66. The van der Waals surface area contributed by atoms with Crippen LogP contribution in [0.1, 0.15) is 42.6 Å². The van der Waals surface area contributed by atoms with Crippen LogP contribution in [0.2, 0.25) is 0 Å². The maximum Gasteiger partial charge on any atom is 0.257 e. The molecule has 1 amide bonds. The highest BCUT2D eigenvalue weighted by Crippen LogP contribution is 2.16. The first kappa shape index (κ1) is 20.9. The number of hydrogen-bond acceptors (Lipinski definition) is 4. The highest BCUT2D eigenvalue weighted by molar-refractivity contribution is 7.80. The number of hydrogen-bond donors (Lipinski definition) is 2. The number of amides is 1. The third-order valence-electron chi connectivity index (χ3n) is 3.88. The van der Waals surface area contributed by atoms with Crippen molar-refractivity contribution in [3.05, 3.63) is 59.7 Å². The highest BCUT2D eigenvalue weighted by atomic mass is 32.1. The summed E-state index contributed by atoms with van der Waals surface area (Å²) in [6.07, 6.45) is 0. The van der Waals surface area contributed by atoms with E-state index in [4.69, 9.17) is 21.7 Å². The van der Waals surface area contributed by atoms with Crippen molar-refractivity contribution in [3.63, 3.8) is 0 Å². The molecule has 0 aromatic heterocycles. The van der Waals surface area contributed by atoms with Gasteiger partial charge in [-0.1, -0.05) is 26.0 Å². The van der Waals surface area contributed by atoms with Gasteiger partial charge in [-0.25, -0.2) is 0 Å². The van der Waals surface area contributed by atoms with E-state index >= 15 is 0 Å². The Hall–Kier alpha value is -2.44. The van der Waals surface area contributed by atoms with Gasteiger partial charge in [0.25, 0.3) is 5.91 Å². The molecule has 0 radical (unpaired) electrons. The molecule has 0 unspecified atom stereocenters. The number of rotatable bonds is 8. The Labute approximate surface area is 166 Å². The summed E-state index contributed by atoms with van der Waals surface area (Å²) >= 11 is 5.22. The molecule has 0 aliphatic heterocycles. The molecule has 0 bridgehead atoms. The first-order valence-electron chi connectivity index (χ1n) is 9.02. The lowest BCUT2D eigenvalue weighted by Crippen LogP contribution is -2.34. The summed E-state index contributed by atoms with van der Waals surface area (Å²) in [6, 6.07) is 14.9. The first-order valence-corrected chi connectivity index (χ1v) is 9.43. The van der Waals surface area contributed by atoms with E-state index in [1.54, 1.807) is 0 Å². The lowest BCUT2D eigenvalue weighted by molar-refractivity contribution is 0.0977. The summed E-state index contributed by atoms with van der Waals surface area (Å²) in [6.45, 7) is 7.92. The van der Waals surface area contributed by atoms with Crippen molar-refractivity contribution in [2.24, 2.45) is 0 Å². The van der Waals surface area contributed by atoms with E-state index in [-0.39, 0.29) is 11.0 Å². The number of ether oxygens (including phenoxy) is 2. The van der Waals surface area contributed by atoms with Gasteiger partial charge in [-0.05, 0) is 67.0 Å². The van der Waals surface area contributed by atoms with E-state index in [1.165, 1.54) is 5.56 Å². The third-order valence-corrected chi connectivity index (χ3v) is 4.08. The van der Waals surface area contributed by atoms with Crippen LogP contribution in [0.15, 0.2) is 48.5 Å². The molecule has 5 nitrogen and oxygen atoms in total. The van der Waals surface area contributed by atoms with Crippen LogP contribution in [-0.2, 0) is 4.74 Å². The first-order chi connectivity index (χ1) is 13.0. The molecule has 0 aliphatic rings. The van der Waals surface area contributed by atoms with Crippen molar-refractivity contribution in [1.29, 1.82) is 0 Å². The molecule has 0 saturated heterocycles. The van der Waals surface area contributed by atoms with Crippen molar-refractivity contribution >= 4 is 28.9 Å². The Morgan fingerprint density at radius 3 is 2.30 bits per heavy atom. The van der Waals surface area contributed by atoms with E-state index in [2.05, 4.69) is 24.5 Å². The highest BCUT2D eigenvalue weighted by Gasteiger charge is 2.09. The normalized spacial score (nSPS) is 10.5. The second-order valence-electron chi connectivity index (χ2n) is 6.25. The van der Waals surface area contributed by atoms with Gasteiger partial charge >= 0.3 is 0 Å². The van der Waals surface area contributed by atoms with Crippen molar-refractivity contribution in [2.45, 2.75) is 26.7 Å². The van der Waals surface area contributed by atoms with Gasteiger partial charge < -0.3 is 14.8 Å². The van der Waals surface area contributed by atoms with Crippen LogP contribution in [0.4, 0.5) is 5.69 Å². The summed E-state index contributed by atoms with van der Waals surface area (Å²) in [5.41, 5.74) is 2.53. The number of carbonyl (C=O) groups is 1. The molecule has 2 N–H and O–H groups in total. The van der Waals surface area contributed by atoms with Gasteiger partial charge in [-0.2, -0.15) is 0 Å². The Balaban J connectivity index is 1.83. The van der Waals surface area contributed by atoms with Crippen LogP contribution in [0.5, 0.6) is 5.75 Å². The van der Waals surface area contributed by atoms with E-state index in [9.17, 15) is 4.79 Å². The number of thiocarbonyl (C=S) groups is 1. The summed E-state index contributed by atoms with van der Waals surface area (Å²) in [5, 5.41) is 5.93. The molecule has 0 spiro atoms. The molecule has 0 saturated carbocycles. The van der Waals surface area contributed by atoms with Crippen LogP contribution >= 0.6 is 12.2 Å². The van der Waals surface area contributed by atoms with Crippen LogP contribution in [-0.4, -0.2) is 30.8 Å². The largest absolute Gasteiger partial charge is 0.491 e. The molecule has 2 aromatic rings. The second kappa shape index (κ2) is 10.6. The molecule has 0 heterocycles. The fourth-order valence-corrected chi connectivity index (χ4v) is 2.56. The Kier molecular flexibility index (Phi) is 8.23. The number of benzene rings is 2. The van der Waals surface area contributed by atoms with E-state index in [0.717, 1.165) is 11.4 Å². The van der Waals surface area contributed by atoms with Gasteiger partial charge in [0.1, 0.15) is 12.4 Å². The third kappa shape index (κ3) is 7.00. The molecule has 6 heteroatoms. The molecule has 2 aromatic carbocycles. The fourth-order valence-electron chi connectivity index (χ4n) is 2.35. The second-order valence-corrected chi connectivity index (χ2v) is 6.66. The number of anilines is 1. The molecule has 0 fully saturated rings. The lowest BCUT2D eigenvalue weighted by Gasteiger charge is -2.11. The summed E-state index contributed by atoms with van der Waals surface area (Å²) < 4.78 is 10.8. The zero-order valence-electron chi connectivity index (χ0n) is 16.0.